The number of aryl methyl sites for hydroxylation is 1. The Morgan fingerprint density at radius 3 is 2.58 bits per heavy atom. The number of nitrogens with one attached hydrogen (secondary N) is 1. The highest BCUT2D eigenvalue weighted by atomic mass is 35.5. The van der Waals surface area contributed by atoms with Crippen LogP contribution < -0.4 is 11.2 Å². The van der Waals surface area contributed by atoms with Crippen molar-refractivity contribution in [2.75, 3.05) is 0 Å². The van der Waals surface area contributed by atoms with E-state index < -0.39 is 28.3 Å². The van der Waals surface area contributed by atoms with Crippen molar-refractivity contribution in [2.45, 2.75) is 19.9 Å². The third-order valence-electron chi connectivity index (χ3n) is 3.06. The number of aromatic nitrogens is 2. The molecular formula is C13H12ClFN2O2. The van der Waals surface area contributed by atoms with Gasteiger partial charge in [-0.3, -0.25) is 14.3 Å². The van der Waals surface area contributed by atoms with Crippen molar-refractivity contribution in [3.05, 3.63) is 67.2 Å². The largest absolute Gasteiger partial charge is 0.330 e. The molecule has 0 aliphatic rings. The smallest absolute Gasteiger partial charge is 0.295 e. The Morgan fingerprint density at radius 1 is 1.32 bits per heavy atom. The van der Waals surface area contributed by atoms with E-state index in [9.17, 15) is 14.0 Å². The average Bonchev–Trinajstić information content (AvgIpc) is 2.36. The summed E-state index contributed by atoms with van der Waals surface area (Å²) in [4.78, 5) is 25.7. The van der Waals surface area contributed by atoms with Crippen LogP contribution in [0, 0.1) is 12.7 Å². The summed E-state index contributed by atoms with van der Waals surface area (Å²) in [6.07, 6.45) is 0. The maximum Gasteiger partial charge on any atom is 0.330 e. The third-order valence-corrected chi connectivity index (χ3v) is 3.32. The minimum absolute atomic E-state index is 0.566. The molecule has 0 fully saturated rings. The van der Waals surface area contributed by atoms with Crippen LogP contribution in [0.5, 0.6) is 0 Å². The van der Waals surface area contributed by atoms with Gasteiger partial charge in [-0.15, -0.1) is 0 Å². The van der Waals surface area contributed by atoms with Gasteiger partial charge in [0.2, 0.25) is 5.82 Å². The fourth-order valence-corrected chi connectivity index (χ4v) is 2.21. The molecule has 0 saturated heterocycles. The standard InChI is InChI=1S/C13H12ClFN2O2/c1-7-5-3-4-6-9(7)8(2)17-12(18)10(15)11(14)16-13(17)19/h3-6,8H,1-2H3,(H,16,19). The molecule has 100 valence electrons. The zero-order valence-corrected chi connectivity index (χ0v) is 11.2. The van der Waals surface area contributed by atoms with Gasteiger partial charge in [-0.05, 0) is 25.0 Å². The second-order valence-corrected chi connectivity index (χ2v) is 4.64. The number of aromatic amines is 1. The Hall–Kier alpha value is -1.88. The topological polar surface area (TPSA) is 54.9 Å². The molecule has 0 spiro atoms. The van der Waals surface area contributed by atoms with Gasteiger partial charge in [0.1, 0.15) is 0 Å². The van der Waals surface area contributed by atoms with Crippen LogP contribution in [-0.4, -0.2) is 9.55 Å². The summed E-state index contributed by atoms with van der Waals surface area (Å²) in [6.45, 7) is 3.52. The van der Waals surface area contributed by atoms with Crippen LogP contribution in [0.2, 0.25) is 5.15 Å². The lowest BCUT2D eigenvalue weighted by Crippen LogP contribution is -2.39. The lowest BCUT2D eigenvalue weighted by atomic mass is 10.0. The predicted octanol–water partition coefficient (Wildman–Crippen LogP) is 2.25. The number of hydrogen-bond acceptors (Lipinski definition) is 2. The van der Waals surface area contributed by atoms with E-state index in [1.807, 2.05) is 19.1 Å². The molecule has 6 heteroatoms. The van der Waals surface area contributed by atoms with E-state index in [0.717, 1.165) is 15.7 Å². The minimum atomic E-state index is -1.15. The van der Waals surface area contributed by atoms with Gasteiger partial charge in [-0.2, -0.15) is 4.39 Å². The zero-order valence-electron chi connectivity index (χ0n) is 10.4. The van der Waals surface area contributed by atoms with Crippen LogP contribution in [0.25, 0.3) is 0 Å². The van der Waals surface area contributed by atoms with Gasteiger partial charge in [0.25, 0.3) is 5.56 Å². The molecular weight excluding hydrogens is 271 g/mol. The molecule has 2 rings (SSSR count). The SMILES string of the molecule is Cc1ccccc1C(C)n1c(=O)[nH]c(Cl)c(F)c1=O. The molecule has 1 heterocycles. The van der Waals surface area contributed by atoms with Crippen LogP contribution in [0.15, 0.2) is 33.9 Å². The molecule has 0 amide bonds. The van der Waals surface area contributed by atoms with Gasteiger partial charge in [0.15, 0.2) is 5.15 Å². The first-order chi connectivity index (χ1) is 8.93. The Balaban J connectivity index is 2.67. The van der Waals surface area contributed by atoms with Gasteiger partial charge in [-0.25, -0.2) is 4.79 Å². The summed E-state index contributed by atoms with van der Waals surface area (Å²) in [5, 5.41) is -0.566. The second kappa shape index (κ2) is 5.01. The van der Waals surface area contributed by atoms with Crippen molar-refractivity contribution in [1.82, 2.24) is 9.55 Å². The second-order valence-electron chi connectivity index (χ2n) is 4.27. The molecule has 19 heavy (non-hydrogen) atoms. The van der Waals surface area contributed by atoms with Crippen LogP contribution in [0.3, 0.4) is 0 Å². The Morgan fingerprint density at radius 2 is 1.95 bits per heavy atom. The van der Waals surface area contributed by atoms with Crippen LogP contribution in [0.1, 0.15) is 24.1 Å². The normalized spacial score (nSPS) is 12.4. The molecule has 4 nitrogen and oxygen atoms in total. The number of halogens is 2. The minimum Gasteiger partial charge on any atom is -0.295 e. The summed E-state index contributed by atoms with van der Waals surface area (Å²) in [7, 11) is 0. The number of hydrogen-bond donors (Lipinski definition) is 1. The lowest BCUT2D eigenvalue weighted by Gasteiger charge is -2.16. The van der Waals surface area contributed by atoms with E-state index in [4.69, 9.17) is 11.6 Å². The first-order valence-electron chi connectivity index (χ1n) is 5.69. The Kier molecular flexibility index (Phi) is 3.57. The number of benzene rings is 1. The fourth-order valence-electron chi connectivity index (χ4n) is 2.05. The summed E-state index contributed by atoms with van der Waals surface area (Å²) >= 11 is 5.43. The number of rotatable bonds is 2. The highest BCUT2D eigenvalue weighted by molar-refractivity contribution is 6.29. The quantitative estimate of drug-likeness (QED) is 0.859. The van der Waals surface area contributed by atoms with E-state index >= 15 is 0 Å². The summed E-state index contributed by atoms with van der Waals surface area (Å²) in [5.74, 6) is -1.15. The fraction of sp³-hybridized carbons (Fsp3) is 0.231. The average molecular weight is 283 g/mol. The zero-order chi connectivity index (χ0) is 14.2. The van der Waals surface area contributed by atoms with Gasteiger partial charge in [0.05, 0.1) is 6.04 Å². The number of nitrogens with zero attached hydrogens (tertiary/aromatic N) is 1. The number of H-pyrrole nitrogens is 1. The van der Waals surface area contributed by atoms with Crippen molar-refractivity contribution >= 4 is 11.6 Å². The monoisotopic (exact) mass is 282 g/mol. The van der Waals surface area contributed by atoms with Gasteiger partial charge >= 0.3 is 5.69 Å². The first kappa shape index (κ1) is 13.5. The molecule has 1 aromatic carbocycles. The summed E-state index contributed by atoms with van der Waals surface area (Å²) in [6, 6.07) is 6.71. The van der Waals surface area contributed by atoms with E-state index in [1.54, 1.807) is 19.1 Å². The molecule has 0 saturated carbocycles. The third kappa shape index (κ3) is 2.33. The van der Waals surface area contributed by atoms with E-state index in [-0.39, 0.29) is 0 Å². The van der Waals surface area contributed by atoms with Gasteiger partial charge in [0, 0.05) is 0 Å². The van der Waals surface area contributed by atoms with E-state index in [2.05, 4.69) is 4.98 Å². The van der Waals surface area contributed by atoms with Crippen LogP contribution >= 0.6 is 11.6 Å². The molecule has 2 aromatic rings. The molecule has 1 N–H and O–H groups in total. The molecule has 1 aromatic heterocycles. The molecule has 0 aliphatic carbocycles. The predicted molar refractivity (Wildman–Crippen MR) is 71.3 cm³/mol. The van der Waals surface area contributed by atoms with Crippen molar-refractivity contribution < 1.29 is 4.39 Å². The van der Waals surface area contributed by atoms with E-state index in [1.165, 1.54) is 0 Å². The highest BCUT2D eigenvalue weighted by Crippen LogP contribution is 2.19. The maximum atomic E-state index is 13.5. The van der Waals surface area contributed by atoms with Crippen molar-refractivity contribution in [3.63, 3.8) is 0 Å². The van der Waals surface area contributed by atoms with Crippen molar-refractivity contribution in [2.24, 2.45) is 0 Å². The molecule has 0 radical (unpaired) electrons. The Labute approximate surface area is 113 Å². The molecule has 1 atom stereocenters. The highest BCUT2D eigenvalue weighted by Gasteiger charge is 2.19. The van der Waals surface area contributed by atoms with E-state index in [0.29, 0.717) is 0 Å². The van der Waals surface area contributed by atoms with Crippen molar-refractivity contribution in [1.29, 1.82) is 0 Å². The summed E-state index contributed by atoms with van der Waals surface area (Å²) < 4.78 is 14.3. The first-order valence-corrected chi connectivity index (χ1v) is 6.06. The summed E-state index contributed by atoms with van der Waals surface area (Å²) in [5.41, 5.74) is -0.0647. The molecule has 1 unspecified atom stereocenters. The van der Waals surface area contributed by atoms with Crippen LogP contribution in [0.4, 0.5) is 4.39 Å². The van der Waals surface area contributed by atoms with Gasteiger partial charge < -0.3 is 0 Å². The van der Waals surface area contributed by atoms with Crippen LogP contribution in [-0.2, 0) is 0 Å². The molecule has 0 bridgehead atoms. The maximum absolute atomic E-state index is 13.5. The van der Waals surface area contributed by atoms with Crippen molar-refractivity contribution in [3.8, 4) is 0 Å². The lowest BCUT2D eigenvalue weighted by molar-refractivity contribution is 0.514. The van der Waals surface area contributed by atoms with Gasteiger partial charge in [-0.1, -0.05) is 35.9 Å². The Bertz CT molecular complexity index is 736. The molecule has 0 aliphatic heterocycles.